The fraction of sp³-hybridized carbons (Fsp3) is 0.575. The van der Waals surface area contributed by atoms with Crippen molar-refractivity contribution in [1.82, 2.24) is 101 Å². The maximum atomic E-state index is 14.4. The number of azide groups is 1. The Labute approximate surface area is 775 Å². The zero-order valence-corrected chi connectivity index (χ0v) is 76.1. The molecule has 0 aromatic heterocycles. The molecule has 135 heavy (non-hydrogen) atoms. The second kappa shape index (κ2) is 59.6. The lowest BCUT2D eigenvalue weighted by molar-refractivity contribution is -0.143. The summed E-state index contributed by atoms with van der Waals surface area (Å²) in [5.41, 5.74) is 43.8. The number of aliphatic carboxylic acids is 1. The van der Waals surface area contributed by atoms with Gasteiger partial charge in [-0.2, -0.15) is 0 Å². The molecule has 39 N–H and O–H groups in total. The number of guanidine groups is 3. The molecule has 2 rings (SSSR count). The predicted octanol–water partition coefficient (Wildman–Crippen LogP) is -11.0. The van der Waals surface area contributed by atoms with Crippen LogP contribution in [0.25, 0.3) is 10.4 Å². The maximum Gasteiger partial charge on any atom is 0.305 e. The number of rotatable bonds is 60. The first-order valence-electron chi connectivity index (χ1n) is 42.8. The van der Waals surface area contributed by atoms with Crippen molar-refractivity contribution in [2.75, 3.05) is 39.3 Å². The Morgan fingerprint density at radius 3 is 1.21 bits per heavy atom. The lowest BCUT2D eigenvalue weighted by atomic mass is 9.97. The topological polar surface area (TPSA) is 930 Å². The number of carboxylic acids is 1. The molecular weight excluding hydrogens is 1780 g/mol. The van der Waals surface area contributed by atoms with E-state index in [1.54, 1.807) is 32.9 Å². The minimum atomic E-state index is -2.04. The summed E-state index contributed by atoms with van der Waals surface area (Å²) in [5.74, 6) is -24.7. The Hall–Kier alpha value is -14.7. The SMILES string of the molecule is CC[C@H](C)[C@H](NC(=O)[C@H](C)NC(=O)[C@H](CC(N)=O)NC(=O)[C@H](CCCNC(=N)N)NC(=O)[C@H](CCCNC(=N)N)NC(=O)CNC(=O)[C@@H](NC(=O)[C@H](CCCNC(=N)N)NC(=O)CNC(=O)[C@H](CO)NC(=O)[C@H](C)NC(=O)[C@@H](NC(=O)[C@@H](N)Cc1ccc(N=[N+]=[N-])cc1)[C@@H](C)CC)[C@@H](C)O)C(=O)NC(=O)[C@H](CC(=O)O)NC(=O)[C@H](C)NC(=O)[C@H](Cc1ccc(O)cc1)NC(=O)[C@@H](N)[C@@H](C)O. The molecular formula is C80H129N31O24. The number of nitrogens with one attached hydrogen (secondary N) is 22. The van der Waals surface area contributed by atoms with Crippen LogP contribution in [0.5, 0.6) is 5.75 Å². The second-order valence-corrected chi connectivity index (χ2v) is 31.7. The molecule has 748 valence electrons. The summed E-state index contributed by atoms with van der Waals surface area (Å²) in [6, 6.07) is -12.7. The lowest BCUT2D eigenvalue weighted by Gasteiger charge is -2.27. The van der Waals surface area contributed by atoms with Crippen molar-refractivity contribution in [3.05, 3.63) is 70.1 Å². The van der Waals surface area contributed by atoms with Crippen LogP contribution in [-0.4, -0.2) is 298 Å². The van der Waals surface area contributed by atoms with E-state index < -0.39 is 277 Å². The van der Waals surface area contributed by atoms with Crippen molar-refractivity contribution < 1.29 is 117 Å². The van der Waals surface area contributed by atoms with Crippen LogP contribution in [0.15, 0.2) is 53.6 Å². The summed E-state index contributed by atoms with van der Waals surface area (Å²) in [4.78, 5) is 261. The number of hydrogen-bond acceptors (Lipinski definition) is 29. The quantitative estimate of drug-likeness (QED) is 0.00730. The van der Waals surface area contributed by atoms with Crippen LogP contribution in [0, 0.1) is 28.1 Å². The van der Waals surface area contributed by atoms with E-state index >= 15 is 0 Å². The molecule has 0 aliphatic carbocycles. The monoisotopic (exact) mass is 1910 g/mol. The fourth-order valence-corrected chi connectivity index (χ4v) is 12.3. The normalized spacial score (nSPS) is 15.1. The summed E-state index contributed by atoms with van der Waals surface area (Å²) in [6.45, 7) is 8.88. The number of aromatic hydroxyl groups is 1. The fourth-order valence-electron chi connectivity index (χ4n) is 12.3. The van der Waals surface area contributed by atoms with Crippen molar-refractivity contribution in [3.8, 4) is 5.75 Å². The molecule has 0 saturated heterocycles. The minimum Gasteiger partial charge on any atom is -0.508 e. The number of hydrogen-bond donors (Lipinski definition) is 33. The first-order valence-corrected chi connectivity index (χ1v) is 42.8. The second-order valence-electron chi connectivity index (χ2n) is 31.7. The van der Waals surface area contributed by atoms with Crippen molar-refractivity contribution in [2.45, 2.75) is 242 Å². The van der Waals surface area contributed by atoms with E-state index in [9.17, 15) is 117 Å². The highest BCUT2D eigenvalue weighted by molar-refractivity contribution is 6.05. The number of carboxylic acid groups (broad SMARTS) is 1. The van der Waals surface area contributed by atoms with Crippen molar-refractivity contribution in [3.63, 3.8) is 0 Å². The van der Waals surface area contributed by atoms with Gasteiger partial charge in [0.15, 0.2) is 17.9 Å². The highest BCUT2D eigenvalue weighted by Gasteiger charge is 2.39. The third-order valence-electron chi connectivity index (χ3n) is 20.5. The van der Waals surface area contributed by atoms with Gasteiger partial charge >= 0.3 is 5.97 Å². The van der Waals surface area contributed by atoms with Crippen LogP contribution < -0.4 is 135 Å². The maximum absolute atomic E-state index is 14.4. The van der Waals surface area contributed by atoms with Gasteiger partial charge in [-0.1, -0.05) is 82.0 Å². The van der Waals surface area contributed by atoms with Crippen LogP contribution in [0.3, 0.4) is 0 Å². The summed E-state index contributed by atoms with van der Waals surface area (Å²) >= 11 is 0. The first kappa shape index (κ1) is 116. The molecule has 0 spiro atoms. The Kier molecular flexibility index (Phi) is 51.4. The van der Waals surface area contributed by atoms with Crippen molar-refractivity contribution in [1.29, 1.82) is 16.2 Å². The highest BCUT2D eigenvalue weighted by atomic mass is 16.4. The van der Waals surface area contributed by atoms with Gasteiger partial charge < -0.3 is 156 Å². The lowest BCUT2D eigenvalue weighted by Crippen LogP contribution is -2.61. The molecule has 0 fully saturated rings. The Bertz CT molecular complexity index is 4520. The smallest absolute Gasteiger partial charge is 0.305 e. The molecule has 55 heteroatoms. The van der Waals surface area contributed by atoms with Gasteiger partial charge in [0.2, 0.25) is 106 Å². The number of phenolic OH excluding ortho intramolecular Hbond substituents is 1. The molecule has 0 radical (unpaired) electrons. The number of carbonyl (C=O) groups excluding carboxylic acids is 18. The molecule has 19 atom stereocenters. The van der Waals surface area contributed by atoms with Gasteiger partial charge in [0, 0.05) is 36.7 Å². The van der Waals surface area contributed by atoms with Crippen molar-refractivity contribution >= 4 is 136 Å². The third kappa shape index (κ3) is 43.9. The standard InChI is InChI=1S/C80H129N31O24/c1-10-36(3)60(107-66(124)47(81)29-43-18-22-45(23-19-43)110-111-90)76(134)98-39(6)64(122)105-54(35-112)67(125)94-33-56(117)100-49(16-13-27-92-79(86)87)70(128)108-62(42(9)114)75(133)95-34-57(118)99-48(15-12-26-91-78(84)85)68(126)101-50(17-14-28-93-80(88)89)69(127)103-52(31-55(82)116)72(130)97-40(7)65(123)106-61(37(4)11-2)77(135)109-73(131)53(32-58(119)120)102-63(121)38(5)96-71(129)51(104-74(132)59(83)41(8)113)30-44-20-24-46(115)25-21-44/h18-25,36-42,47-54,59-62,112-115H,10-17,26-35,81,83H2,1-9H3,(H2,82,116)(H,94,125)(H,95,133)(H,96,129)(H,97,130)(H,98,134)(H,99,118)(H,100,117)(H,101,126)(H,102,121)(H,103,127)(H,104,132)(H,105,122)(H,106,123)(H,107,124)(H,108,128)(H,119,120)(H4,84,85,91)(H4,86,87,92)(H4,88,89,93)(H,109,131,135)/t36-,37-,38-,39-,40-,41+,42+,47-,48-,49-,50-,51-,52-,53-,54-,59-,60-,61-,62-/m0/s1. The van der Waals surface area contributed by atoms with E-state index in [2.05, 4.69) is 106 Å². The van der Waals surface area contributed by atoms with Crippen LogP contribution in [0.1, 0.15) is 138 Å². The molecule has 2 aromatic carbocycles. The predicted molar refractivity (Wildman–Crippen MR) is 481 cm³/mol. The van der Waals surface area contributed by atoms with Gasteiger partial charge in [-0.3, -0.25) is 113 Å². The number of nitrogens with zero attached hydrogens (tertiary/aromatic N) is 3. The van der Waals surface area contributed by atoms with Gasteiger partial charge in [0.05, 0.1) is 50.8 Å². The number of aliphatic hydroxyl groups excluding tert-OH is 3. The van der Waals surface area contributed by atoms with Gasteiger partial charge in [-0.25, -0.2) is 0 Å². The number of imide groups is 1. The first-order chi connectivity index (χ1) is 63.4. The summed E-state index contributed by atoms with van der Waals surface area (Å²) in [7, 11) is 0. The zero-order chi connectivity index (χ0) is 102. The van der Waals surface area contributed by atoms with Crippen LogP contribution in [0.4, 0.5) is 5.69 Å². The van der Waals surface area contributed by atoms with Gasteiger partial charge in [0.25, 0.3) is 0 Å². The molecule has 18 amide bonds. The number of amides is 18. The van der Waals surface area contributed by atoms with Crippen LogP contribution >= 0.6 is 0 Å². The molecule has 2 aromatic rings. The minimum absolute atomic E-state index is 0.0199. The number of nitrogens with two attached hydrogens (primary N) is 6. The van der Waals surface area contributed by atoms with Crippen molar-refractivity contribution in [2.24, 2.45) is 51.4 Å². The van der Waals surface area contributed by atoms with E-state index in [4.69, 9.17) is 56.2 Å². The Balaban J connectivity index is 2.33. The van der Waals surface area contributed by atoms with E-state index in [0.717, 1.165) is 20.8 Å². The Morgan fingerprint density at radius 2 is 0.770 bits per heavy atom. The number of benzene rings is 2. The number of aliphatic hydroxyl groups is 3. The van der Waals surface area contributed by atoms with Crippen LogP contribution in [0.2, 0.25) is 0 Å². The molecule has 0 saturated carbocycles. The zero-order valence-electron chi connectivity index (χ0n) is 76.1. The molecule has 0 bridgehead atoms. The summed E-state index contributed by atoms with van der Waals surface area (Å²) in [6.07, 6.45) is -6.16. The molecule has 55 nitrogen and oxygen atoms in total. The third-order valence-corrected chi connectivity index (χ3v) is 20.5. The molecule has 0 heterocycles. The average Bonchev–Trinajstić information content (AvgIpc) is 0.852. The van der Waals surface area contributed by atoms with Gasteiger partial charge in [0.1, 0.15) is 90.3 Å². The number of carbonyl (C=O) groups is 19. The molecule has 0 unspecified atom stereocenters. The van der Waals surface area contributed by atoms with E-state index in [0.29, 0.717) is 23.2 Å². The van der Waals surface area contributed by atoms with E-state index in [1.165, 1.54) is 57.2 Å². The van der Waals surface area contributed by atoms with E-state index in [-0.39, 0.29) is 83.2 Å². The number of phenols is 1. The largest absolute Gasteiger partial charge is 0.508 e. The molecule has 0 aliphatic rings. The van der Waals surface area contributed by atoms with Gasteiger partial charge in [-0.15, -0.1) is 0 Å². The summed E-state index contributed by atoms with van der Waals surface area (Å²) in [5, 5.41) is 121. The van der Waals surface area contributed by atoms with E-state index in [1.807, 2.05) is 5.32 Å². The Morgan fingerprint density at radius 1 is 0.400 bits per heavy atom. The number of primary amides is 1. The summed E-state index contributed by atoms with van der Waals surface area (Å²) < 4.78 is 0. The van der Waals surface area contributed by atoms with Crippen LogP contribution in [-0.2, 0) is 104 Å². The highest BCUT2D eigenvalue weighted by Crippen LogP contribution is 2.18. The van der Waals surface area contributed by atoms with Gasteiger partial charge in [-0.05, 0) is 120 Å². The average molecular weight is 1910 g/mol. The molecule has 0 aliphatic heterocycles.